The molecule has 236 valence electrons. The summed E-state index contributed by atoms with van der Waals surface area (Å²) in [5, 5.41) is 7.56. The zero-order valence-corrected chi connectivity index (χ0v) is 27.2. The van der Waals surface area contributed by atoms with Crippen LogP contribution in [0.4, 0.5) is 0 Å². The van der Waals surface area contributed by atoms with Crippen LogP contribution in [0.2, 0.25) is 0 Å². The lowest BCUT2D eigenvalue weighted by molar-refractivity contribution is -0.155. The average Bonchev–Trinajstić information content (AvgIpc) is 3.48. The van der Waals surface area contributed by atoms with E-state index in [-0.39, 0.29) is 37.5 Å². The van der Waals surface area contributed by atoms with E-state index in [9.17, 15) is 19.2 Å². The third-order valence-corrected chi connectivity index (χ3v) is 10.1. The summed E-state index contributed by atoms with van der Waals surface area (Å²) in [5.74, 6) is 0.604. The summed E-state index contributed by atoms with van der Waals surface area (Å²) in [7, 11) is 6.81. The highest BCUT2D eigenvalue weighted by molar-refractivity contribution is 8.78. The molecule has 0 spiro atoms. The molecule has 0 aliphatic heterocycles. The molecule has 1 heterocycles. The molecule has 11 nitrogen and oxygen atoms in total. The van der Waals surface area contributed by atoms with Gasteiger partial charge in [0.15, 0.2) is 0 Å². The van der Waals surface area contributed by atoms with E-state index in [2.05, 4.69) is 24.2 Å². The van der Waals surface area contributed by atoms with E-state index in [1.807, 2.05) is 6.92 Å². The van der Waals surface area contributed by atoms with Gasteiger partial charge in [-0.25, -0.2) is 4.63 Å². The van der Waals surface area contributed by atoms with Crippen LogP contribution in [-0.4, -0.2) is 83.0 Å². The number of nitrogens with zero attached hydrogens (tertiary/aromatic N) is 4. The highest BCUT2D eigenvalue weighted by Crippen LogP contribution is 2.36. The van der Waals surface area contributed by atoms with Gasteiger partial charge >= 0.3 is 11.9 Å². The first kappa shape index (κ1) is 34.4. The summed E-state index contributed by atoms with van der Waals surface area (Å²) in [4.78, 5) is 53.1. The highest BCUT2D eigenvalue weighted by atomic mass is 33.1. The molecule has 0 unspecified atom stereocenters. The lowest BCUT2D eigenvalue weighted by Gasteiger charge is -2.34. The van der Waals surface area contributed by atoms with Gasteiger partial charge in [0.1, 0.15) is 17.1 Å². The molecule has 1 saturated carbocycles. The number of esters is 2. The van der Waals surface area contributed by atoms with Gasteiger partial charge in [-0.3, -0.25) is 19.2 Å². The van der Waals surface area contributed by atoms with Crippen LogP contribution in [0.5, 0.6) is 0 Å². The monoisotopic (exact) mass is 634 g/mol. The van der Waals surface area contributed by atoms with Gasteiger partial charge in [0, 0.05) is 48.5 Å². The van der Waals surface area contributed by atoms with E-state index in [1.54, 1.807) is 58.8 Å². The molecule has 1 fully saturated rings. The van der Waals surface area contributed by atoms with E-state index in [1.165, 1.54) is 4.90 Å². The third kappa shape index (κ3) is 10.9. The van der Waals surface area contributed by atoms with Crippen molar-refractivity contribution < 1.29 is 33.3 Å². The van der Waals surface area contributed by atoms with Crippen molar-refractivity contribution >= 4 is 56.9 Å². The number of hydrogen-bond donors (Lipinski definition) is 0. The van der Waals surface area contributed by atoms with Crippen molar-refractivity contribution in [2.45, 2.75) is 84.3 Å². The number of carbonyl (C=O) groups is 4. The second-order valence-electron chi connectivity index (χ2n) is 11.1. The minimum Gasteiger partial charge on any atom is -0.465 e. The molecule has 0 saturated heterocycles. The lowest BCUT2D eigenvalue weighted by atomic mass is 9.91. The molecule has 1 aliphatic carbocycles. The van der Waals surface area contributed by atoms with Crippen molar-refractivity contribution in [3.63, 3.8) is 0 Å². The molecule has 1 aromatic heterocycles. The van der Waals surface area contributed by atoms with Crippen LogP contribution in [0.3, 0.4) is 0 Å². The first-order valence-electron chi connectivity index (χ1n) is 14.6. The van der Waals surface area contributed by atoms with E-state index in [4.69, 9.17) is 14.1 Å². The zero-order valence-electron chi connectivity index (χ0n) is 25.6. The van der Waals surface area contributed by atoms with Crippen LogP contribution in [0.25, 0.3) is 11.0 Å². The summed E-state index contributed by atoms with van der Waals surface area (Å²) in [5.41, 5.74) is 2.47. The van der Waals surface area contributed by atoms with Gasteiger partial charge in [-0.15, -0.1) is 0 Å². The number of rotatable bonds is 16. The predicted octanol–water partition coefficient (Wildman–Crippen LogP) is 5.61. The van der Waals surface area contributed by atoms with E-state index in [0.29, 0.717) is 54.6 Å². The Kier molecular flexibility index (Phi) is 13.8. The Hall–Kier alpha value is -3.06. The largest absolute Gasteiger partial charge is 0.465 e. The van der Waals surface area contributed by atoms with Crippen molar-refractivity contribution in [3.05, 3.63) is 34.4 Å². The third-order valence-electron chi connectivity index (χ3n) is 7.46. The number of hydrogen-bond acceptors (Lipinski definition) is 11. The van der Waals surface area contributed by atoms with Crippen LogP contribution in [-0.2, 0) is 23.9 Å². The first-order chi connectivity index (χ1) is 20.6. The van der Waals surface area contributed by atoms with Gasteiger partial charge in [-0.05, 0) is 73.5 Å². The summed E-state index contributed by atoms with van der Waals surface area (Å²) >= 11 is 0. The first-order valence-corrected chi connectivity index (χ1v) is 16.9. The number of aromatic nitrogens is 2. The summed E-state index contributed by atoms with van der Waals surface area (Å²) in [6.45, 7) is 6.40. The normalized spacial score (nSPS) is 17.3. The van der Waals surface area contributed by atoms with Gasteiger partial charge in [-0.1, -0.05) is 35.4 Å². The topological polar surface area (TPSA) is 132 Å². The number of amides is 2. The maximum absolute atomic E-state index is 13.0. The Balaban J connectivity index is 1.35. The minimum atomic E-state index is -0.460. The van der Waals surface area contributed by atoms with Crippen LogP contribution in [0.15, 0.2) is 33.4 Å². The van der Waals surface area contributed by atoms with Gasteiger partial charge in [0.05, 0.1) is 19.4 Å². The second kappa shape index (κ2) is 17.3. The minimum absolute atomic E-state index is 0.0317. The summed E-state index contributed by atoms with van der Waals surface area (Å²) in [6, 6.07) is 5.11. The zero-order chi connectivity index (χ0) is 31.4. The van der Waals surface area contributed by atoms with E-state index in [0.717, 1.165) is 29.2 Å². The Bertz CT molecular complexity index is 1270. The van der Waals surface area contributed by atoms with Crippen molar-refractivity contribution in [3.8, 4) is 0 Å². The van der Waals surface area contributed by atoms with Crippen LogP contribution in [0, 0.1) is 5.92 Å². The highest BCUT2D eigenvalue weighted by Gasteiger charge is 2.29. The summed E-state index contributed by atoms with van der Waals surface area (Å²) < 4.78 is 15.7. The maximum atomic E-state index is 13.0. The smallest absolute Gasteiger partial charge is 0.306 e. The molecule has 0 bridgehead atoms. The van der Waals surface area contributed by atoms with Crippen LogP contribution < -0.4 is 0 Å². The Morgan fingerprint density at radius 2 is 1.74 bits per heavy atom. The SMILES string of the molecule is C/C(=C(/CCOC(=O)CCC(=O)OC1CCC(N(C)C(=O)c2ccc3nonc3c2)CC1)SSCCC(C)C)N(C)C=O. The number of allylic oxidation sites excluding steroid dienone is 1. The maximum Gasteiger partial charge on any atom is 0.306 e. The fourth-order valence-corrected chi connectivity index (χ4v) is 7.37. The van der Waals surface area contributed by atoms with E-state index >= 15 is 0 Å². The van der Waals surface area contributed by atoms with Crippen molar-refractivity contribution in [1.82, 2.24) is 20.1 Å². The van der Waals surface area contributed by atoms with Gasteiger partial charge in [0.25, 0.3) is 5.91 Å². The van der Waals surface area contributed by atoms with Crippen molar-refractivity contribution in [1.29, 1.82) is 0 Å². The quantitative estimate of drug-likeness (QED) is 0.0988. The molecule has 2 amide bonds. The molecule has 13 heteroatoms. The van der Waals surface area contributed by atoms with Crippen molar-refractivity contribution in [2.24, 2.45) is 5.92 Å². The molecule has 1 aliphatic rings. The number of ether oxygens (including phenoxy) is 2. The molecule has 0 N–H and O–H groups in total. The van der Waals surface area contributed by atoms with Crippen LogP contribution in [0.1, 0.15) is 82.5 Å². The molecule has 2 aromatic rings. The average molecular weight is 635 g/mol. The Morgan fingerprint density at radius 1 is 1.05 bits per heavy atom. The Morgan fingerprint density at radius 3 is 2.44 bits per heavy atom. The van der Waals surface area contributed by atoms with Crippen molar-refractivity contribution in [2.75, 3.05) is 26.5 Å². The fourth-order valence-electron chi connectivity index (χ4n) is 4.57. The Labute approximate surface area is 260 Å². The predicted molar refractivity (Wildman–Crippen MR) is 167 cm³/mol. The molecular formula is C30H42N4O7S2. The standard InChI is InChI=1S/C30H42N4O7S2/c1-20(2)15-17-42-43-27(21(3)33(4)19-35)14-16-39-28(36)12-13-29(37)40-24-9-7-23(8-10-24)34(5)30(38)22-6-11-25-26(18-22)32-41-31-25/h6,11,18-20,23-24H,7-10,12-17H2,1-5H3/b27-21+. The summed E-state index contributed by atoms with van der Waals surface area (Å²) in [6.07, 6.45) is 4.69. The van der Waals surface area contributed by atoms with Gasteiger partial charge in [-0.2, -0.15) is 0 Å². The second-order valence-corrected chi connectivity index (χ2v) is 13.6. The molecule has 1 aromatic carbocycles. The van der Waals surface area contributed by atoms with E-state index < -0.39 is 11.9 Å². The lowest BCUT2D eigenvalue weighted by Crippen LogP contribution is -2.41. The number of fused-ring (bicyclic) bond motifs is 1. The number of carbonyl (C=O) groups excluding carboxylic acids is 4. The fraction of sp³-hybridized carbons (Fsp3) is 0.600. The molecular weight excluding hydrogens is 592 g/mol. The van der Waals surface area contributed by atoms with Gasteiger partial charge in [0.2, 0.25) is 6.41 Å². The molecule has 3 rings (SSSR count). The van der Waals surface area contributed by atoms with Gasteiger partial charge < -0.3 is 19.3 Å². The molecule has 0 atom stereocenters. The van der Waals surface area contributed by atoms with Crippen LogP contribution >= 0.6 is 21.6 Å². The number of benzene rings is 1. The molecule has 0 radical (unpaired) electrons. The molecule has 43 heavy (non-hydrogen) atoms.